The Morgan fingerprint density at radius 2 is 1.33 bits per heavy atom. The summed E-state index contributed by atoms with van der Waals surface area (Å²) in [7, 11) is 0. The van der Waals surface area contributed by atoms with E-state index in [1.54, 1.807) is 0 Å². The molecule has 1 heteroatoms. The van der Waals surface area contributed by atoms with Gasteiger partial charge in [0.25, 0.3) is 12.1 Å². The zero-order valence-corrected chi connectivity index (χ0v) is 10.5. The van der Waals surface area contributed by atoms with Crippen LogP contribution in [0, 0.1) is 6.57 Å². The fourth-order valence-electron chi connectivity index (χ4n) is 3.07. The van der Waals surface area contributed by atoms with Crippen LogP contribution in [-0.2, 0) is 5.41 Å². The molecule has 1 aliphatic rings. The van der Waals surface area contributed by atoms with Crippen molar-refractivity contribution in [3.05, 3.63) is 76.6 Å². The van der Waals surface area contributed by atoms with Crippen LogP contribution in [0.1, 0.15) is 24.5 Å². The van der Waals surface area contributed by atoms with Crippen LogP contribution in [0.4, 0.5) is 0 Å². The summed E-state index contributed by atoms with van der Waals surface area (Å²) in [5.41, 5.74) is 2.36. The maximum Gasteiger partial charge on any atom is 0.293 e. The molecule has 0 aromatic heterocycles. The third kappa shape index (κ3) is 1.32. The topological polar surface area (TPSA) is 4.36 Å². The molecule has 2 aromatic carbocycles. The molecule has 1 aliphatic carbocycles. The zero-order chi connectivity index (χ0) is 12.6. The van der Waals surface area contributed by atoms with Gasteiger partial charge in [-0.1, -0.05) is 65.5 Å². The van der Waals surface area contributed by atoms with Crippen LogP contribution in [0.3, 0.4) is 0 Å². The lowest BCUT2D eigenvalue weighted by Gasteiger charge is -2.16. The third-order valence-electron chi connectivity index (χ3n) is 4.22. The molecule has 0 radical (unpaired) electrons. The summed E-state index contributed by atoms with van der Waals surface area (Å²) in [5.74, 6) is 0. The van der Waals surface area contributed by atoms with Gasteiger partial charge in [-0.05, 0) is 11.1 Å². The molecule has 1 nitrogen and oxygen atoms in total. The summed E-state index contributed by atoms with van der Waals surface area (Å²) in [6.07, 6.45) is 0.977. The Bertz CT molecular complexity index is 555. The first kappa shape index (κ1) is 11.0. The first-order chi connectivity index (χ1) is 8.73. The molecule has 18 heavy (non-hydrogen) atoms. The first-order valence-corrected chi connectivity index (χ1v) is 6.26. The fourth-order valence-corrected chi connectivity index (χ4v) is 3.07. The minimum atomic E-state index is -0.185. The molecule has 2 aromatic rings. The Balaban J connectivity index is 2.18. The molecule has 1 saturated carbocycles. The molecule has 1 unspecified atom stereocenters. The van der Waals surface area contributed by atoms with Crippen molar-refractivity contribution in [1.82, 2.24) is 0 Å². The predicted octanol–water partition coefficient (Wildman–Crippen LogP) is 4.10. The van der Waals surface area contributed by atoms with Crippen molar-refractivity contribution in [2.24, 2.45) is 0 Å². The summed E-state index contributed by atoms with van der Waals surface area (Å²) < 4.78 is 0. The molecule has 0 aliphatic heterocycles. The SMILES string of the molecule is C#[N+]C1(C)CC1(c1ccccc1)c1ccccc1. The molecule has 1 atom stereocenters. The van der Waals surface area contributed by atoms with Gasteiger partial charge in [0.15, 0.2) is 0 Å². The molecular formula is C17H16N+. The Morgan fingerprint density at radius 3 is 1.67 bits per heavy atom. The van der Waals surface area contributed by atoms with Gasteiger partial charge in [-0.25, -0.2) is 0 Å². The highest BCUT2D eigenvalue weighted by Crippen LogP contribution is 2.63. The van der Waals surface area contributed by atoms with Crippen molar-refractivity contribution in [3.63, 3.8) is 0 Å². The van der Waals surface area contributed by atoms with E-state index in [2.05, 4.69) is 60.3 Å². The average Bonchev–Trinajstić information content (AvgIpc) is 3.09. The van der Waals surface area contributed by atoms with E-state index in [0.717, 1.165) is 6.42 Å². The standard InChI is InChI=1S/C17H16N/c1-16(18-2)13-17(16,14-9-5-3-6-10-14)15-11-7-4-8-12-15/h2-12H,13H2,1H3/q+1. The van der Waals surface area contributed by atoms with Gasteiger partial charge in [0.05, 0.1) is 6.42 Å². The number of benzene rings is 2. The van der Waals surface area contributed by atoms with Crippen molar-refractivity contribution in [2.45, 2.75) is 24.3 Å². The largest absolute Gasteiger partial charge is 0.293 e. The maximum absolute atomic E-state index is 5.64. The number of rotatable bonds is 2. The Labute approximate surface area is 108 Å². The van der Waals surface area contributed by atoms with Crippen molar-refractivity contribution in [2.75, 3.05) is 0 Å². The van der Waals surface area contributed by atoms with E-state index < -0.39 is 0 Å². The molecule has 0 saturated heterocycles. The van der Waals surface area contributed by atoms with Gasteiger partial charge in [0.2, 0.25) is 0 Å². The van der Waals surface area contributed by atoms with Crippen molar-refractivity contribution in [3.8, 4) is 6.57 Å². The molecule has 3 rings (SSSR count). The molecule has 0 bridgehead atoms. The lowest BCUT2D eigenvalue weighted by molar-refractivity contribution is 0.722. The quantitative estimate of drug-likeness (QED) is 0.737. The normalized spacial score (nSPS) is 24.2. The number of nitrogens with zero attached hydrogens (tertiary/aromatic N) is 1. The van der Waals surface area contributed by atoms with E-state index >= 15 is 0 Å². The van der Waals surface area contributed by atoms with Crippen LogP contribution in [0.15, 0.2) is 60.7 Å². The second-order valence-electron chi connectivity index (χ2n) is 5.22. The molecule has 0 heterocycles. The highest BCUT2D eigenvalue weighted by atomic mass is 14.9. The van der Waals surface area contributed by atoms with Gasteiger partial charge < -0.3 is 0 Å². The van der Waals surface area contributed by atoms with Crippen molar-refractivity contribution >= 4 is 0 Å². The Kier molecular flexibility index (Phi) is 2.28. The smallest absolute Gasteiger partial charge is 0.0792 e. The van der Waals surface area contributed by atoms with Crippen LogP contribution in [0.25, 0.3) is 4.85 Å². The van der Waals surface area contributed by atoms with Gasteiger partial charge in [-0.15, -0.1) is 0 Å². The summed E-state index contributed by atoms with van der Waals surface area (Å²) in [4.78, 5) is 4.14. The number of hydrogen-bond acceptors (Lipinski definition) is 0. The zero-order valence-electron chi connectivity index (χ0n) is 10.5. The van der Waals surface area contributed by atoms with E-state index in [0.29, 0.717) is 0 Å². The lowest BCUT2D eigenvalue weighted by atomic mass is 9.84. The maximum atomic E-state index is 5.64. The summed E-state index contributed by atoms with van der Waals surface area (Å²) >= 11 is 0. The molecule has 88 valence electrons. The van der Waals surface area contributed by atoms with Crippen molar-refractivity contribution < 1.29 is 0 Å². The van der Waals surface area contributed by atoms with E-state index in [9.17, 15) is 0 Å². The average molecular weight is 234 g/mol. The molecule has 1 fully saturated rings. The highest BCUT2D eigenvalue weighted by molar-refractivity contribution is 5.55. The molecule has 0 amide bonds. The van der Waals surface area contributed by atoms with E-state index in [1.165, 1.54) is 11.1 Å². The Morgan fingerprint density at radius 1 is 0.889 bits per heavy atom. The van der Waals surface area contributed by atoms with Crippen LogP contribution in [-0.4, -0.2) is 5.54 Å². The second-order valence-corrected chi connectivity index (χ2v) is 5.22. The monoisotopic (exact) mass is 234 g/mol. The minimum absolute atomic E-state index is 0.0513. The minimum Gasteiger partial charge on any atom is -0.0792 e. The molecule has 0 N–H and O–H groups in total. The van der Waals surface area contributed by atoms with E-state index in [-0.39, 0.29) is 11.0 Å². The van der Waals surface area contributed by atoms with Gasteiger partial charge >= 0.3 is 0 Å². The highest BCUT2D eigenvalue weighted by Gasteiger charge is 2.76. The van der Waals surface area contributed by atoms with Gasteiger partial charge in [0.1, 0.15) is 5.41 Å². The molecular weight excluding hydrogens is 218 g/mol. The van der Waals surface area contributed by atoms with Gasteiger partial charge in [-0.3, -0.25) is 0 Å². The van der Waals surface area contributed by atoms with Crippen LogP contribution < -0.4 is 0 Å². The molecule has 0 spiro atoms. The number of hydrogen-bond donors (Lipinski definition) is 0. The van der Waals surface area contributed by atoms with Crippen LogP contribution >= 0.6 is 0 Å². The van der Waals surface area contributed by atoms with Crippen molar-refractivity contribution in [1.29, 1.82) is 0 Å². The van der Waals surface area contributed by atoms with Crippen LogP contribution in [0.5, 0.6) is 0 Å². The lowest BCUT2D eigenvalue weighted by Crippen LogP contribution is -2.19. The predicted molar refractivity (Wildman–Crippen MR) is 75.0 cm³/mol. The first-order valence-electron chi connectivity index (χ1n) is 6.26. The summed E-state index contributed by atoms with van der Waals surface area (Å²) in [6.45, 7) is 7.78. The van der Waals surface area contributed by atoms with E-state index in [4.69, 9.17) is 6.57 Å². The summed E-state index contributed by atoms with van der Waals surface area (Å²) in [6, 6.07) is 21.1. The summed E-state index contributed by atoms with van der Waals surface area (Å²) in [5, 5.41) is 0. The van der Waals surface area contributed by atoms with E-state index in [1.807, 2.05) is 12.1 Å². The second kappa shape index (κ2) is 3.71. The third-order valence-corrected chi connectivity index (χ3v) is 4.22. The Hall–Kier alpha value is -2.07. The van der Waals surface area contributed by atoms with Gasteiger partial charge in [-0.2, -0.15) is 0 Å². The fraction of sp³-hybridized carbons (Fsp3) is 0.235. The van der Waals surface area contributed by atoms with Crippen LogP contribution in [0.2, 0.25) is 0 Å². The van der Waals surface area contributed by atoms with Gasteiger partial charge in [0, 0.05) is 6.92 Å².